The Morgan fingerprint density at radius 3 is 2.85 bits per heavy atom. The first-order chi connectivity index (χ1) is 9.56. The van der Waals surface area contributed by atoms with Crippen molar-refractivity contribution >= 4 is 44.8 Å². The van der Waals surface area contributed by atoms with Crippen molar-refractivity contribution in [3.05, 3.63) is 56.2 Å². The Balaban J connectivity index is 1.98. The molecule has 2 nitrogen and oxygen atoms in total. The summed E-state index contributed by atoms with van der Waals surface area (Å²) < 4.78 is 20.4. The average molecular weight is 377 g/mol. The second-order valence-corrected chi connectivity index (χ2v) is 6.06. The van der Waals surface area contributed by atoms with Gasteiger partial charge in [0.05, 0.1) is 21.7 Å². The highest BCUT2D eigenvalue weighted by atomic mass is 79.9. The molecule has 2 aromatic carbocycles. The number of benzene rings is 2. The molecule has 1 aliphatic heterocycles. The van der Waals surface area contributed by atoms with Crippen molar-refractivity contribution in [2.75, 3.05) is 11.9 Å². The predicted molar refractivity (Wildman–Crippen MR) is 82.4 cm³/mol. The number of anilines is 1. The summed E-state index contributed by atoms with van der Waals surface area (Å²) in [7, 11) is 0. The molecule has 0 aliphatic carbocycles. The first-order valence-electron chi connectivity index (χ1n) is 5.89. The van der Waals surface area contributed by atoms with Gasteiger partial charge in [0.1, 0.15) is 11.9 Å². The van der Waals surface area contributed by atoms with Gasteiger partial charge in [-0.15, -0.1) is 0 Å². The van der Waals surface area contributed by atoms with Crippen molar-refractivity contribution in [2.24, 2.45) is 0 Å². The van der Waals surface area contributed by atoms with Gasteiger partial charge in [-0.25, -0.2) is 4.39 Å². The number of halogens is 4. The maximum Gasteiger partial charge on any atom is 0.157 e. The Kier molecular flexibility index (Phi) is 3.80. The fourth-order valence-corrected chi connectivity index (χ4v) is 3.08. The Morgan fingerprint density at radius 1 is 1.25 bits per heavy atom. The molecule has 0 aromatic heterocycles. The quantitative estimate of drug-likeness (QED) is 0.669. The van der Waals surface area contributed by atoms with E-state index in [-0.39, 0.29) is 11.1 Å². The highest BCUT2D eigenvalue weighted by Crippen LogP contribution is 2.41. The molecule has 1 aliphatic rings. The van der Waals surface area contributed by atoms with E-state index < -0.39 is 5.82 Å². The number of hydrogen-bond donors (Lipinski definition) is 1. The largest absolute Gasteiger partial charge is 0.480 e. The zero-order chi connectivity index (χ0) is 14.3. The Morgan fingerprint density at radius 2 is 2.05 bits per heavy atom. The molecular weight excluding hydrogens is 368 g/mol. The number of fused-ring (bicyclic) bond motifs is 1. The van der Waals surface area contributed by atoms with Crippen LogP contribution in [-0.2, 0) is 0 Å². The van der Waals surface area contributed by atoms with Gasteiger partial charge in [0, 0.05) is 10.6 Å². The molecule has 6 heteroatoms. The van der Waals surface area contributed by atoms with E-state index in [1.54, 1.807) is 0 Å². The lowest BCUT2D eigenvalue weighted by atomic mass is 10.1. The van der Waals surface area contributed by atoms with E-state index in [4.69, 9.17) is 27.9 Å². The zero-order valence-electron chi connectivity index (χ0n) is 10.1. The summed E-state index contributed by atoms with van der Waals surface area (Å²) in [6.45, 7) is 0.504. The lowest BCUT2D eigenvalue weighted by Crippen LogP contribution is -2.24. The highest BCUT2D eigenvalue weighted by molar-refractivity contribution is 9.10. The lowest BCUT2D eigenvalue weighted by Gasteiger charge is -2.29. The van der Waals surface area contributed by atoms with Crippen LogP contribution in [0.5, 0.6) is 5.75 Å². The molecular formula is C14H9BrCl2FNO. The summed E-state index contributed by atoms with van der Waals surface area (Å²) in [5.74, 6) is 0.183. The SMILES string of the molecule is Fc1cc(C2CNc3cccc(Br)c3O2)c(Cl)cc1Cl. The van der Waals surface area contributed by atoms with Gasteiger partial charge in [-0.1, -0.05) is 29.3 Å². The van der Waals surface area contributed by atoms with Gasteiger partial charge >= 0.3 is 0 Å². The molecule has 2 aromatic rings. The second-order valence-electron chi connectivity index (χ2n) is 4.39. The summed E-state index contributed by atoms with van der Waals surface area (Å²) in [6, 6.07) is 8.42. The van der Waals surface area contributed by atoms with Gasteiger partial charge < -0.3 is 10.1 Å². The van der Waals surface area contributed by atoms with Gasteiger partial charge in [0.15, 0.2) is 5.75 Å². The molecule has 0 bridgehead atoms. The van der Waals surface area contributed by atoms with Crippen molar-refractivity contribution in [2.45, 2.75) is 6.10 Å². The molecule has 104 valence electrons. The number of rotatable bonds is 1. The molecule has 0 spiro atoms. The Hall–Kier alpha value is -0.970. The van der Waals surface area contributed by atoms with E-state index in [2.05, 4.69) is 21.2 Å². The molecule has 0 radical (unpaired) electrons. The van der Waals surface area contributed by atoms with Crippen LogP contribution in [0.25, 0.3) is 0 Å². The van der Waals surface area contributed by atoms with Gasteiger partial charge in [0.25, 0.3) is 0 Å². The molecule has 3 rings (SSSR count). The minimum atomic E-state index is -0.507. The van der Waals surface area contributed by atoms with Crippen LogP contribution < -0.4 is 10.1 Å². The predicted octanol–water partition coefficient (Wildman–Crippen LogP) is 5.44. The third kappa shape index (κ3) is 2.48. The highest BCUT2D eigenvalue weighted by Gasteiger charge is 2.25. The van der Waals surface area contributed by atoms with Crippen LogP contribution in [0.2, 0.25) is 10.0 Å². The minimum Gasteiger partial charge on any atom is -0.480 e. The van der Waals surface area contributed by atoms with Gasteiger partial charge in [0.2, 0.25) is 0 Å². The van der Waals surface area contributed by atoms with Crippen LogP contribution in [-0.4, -0.2) is 6.54 Å². The summed E-state index contributed by atoms with van der Waals surface area (Å²) in [5, 5.41) is 3.64. The molecule has 20 heavy (non-hydrogen) atoms. The fraction of sp³-hybridized carbons (Fsp3) is 0.143. The summed E-state index contributed by atoms with van der Waals surface area (Å²) in [6.07, 6.45) is -0.375. The number of nitrogens with one attached hydrogen (secondary N) is 1. The van der Waals surface area contributed by atoms with Gasteiger partial charge in [-0.2, -0.15) is 0 Å². The first kappa shape index (κ1) is 14.0. The standard InChI is InChI=1S/C14H9BrCl2FNO/c15-8-2-1-3-12-14(8)20-13(6-19-12)7-4-11(18)10(17)5-9(7)16/h1-5,13,19H,6H2. The minimum absolute atomic E-state index is 0.00380. The van der Waals surface area contributed by atoms with Crippen LogP contribution in [0.3, 0.4) is 0 Å². The van der Waals surface area contributed by atoms with Crippen LogP contribution >= 0.6 is 39.1 Å². The Bertz CT molecular complexity index is 680. The summed E-state index contributed by atoms with van der Waals surface area (Å²) in [5.41, 5.74) is 1.46. The van der Waals surface area contributed by atoms with Gasteiger partial charge in [-0.05, 0) is 40.2 Å². The smallest absolute Gasteiger partial charge is 0.157 e. The van der Waals surface area contributed by atoms with Crippen molar-refractivity contribution < 1.29 is 9.13 Å². The van der Waals surface area contributed by atoms with E-state index in [1.807, 2.05) is 18.2 Å². The summed E-state index contributed by atoms with van der Waals surface area (Å²) >= 11 is 15.3. The molecule has 0 fully saturated rings. The van der Waals surface area contributed by atoms with Crippen molar-refractivity contribution in [1.29, 1.82) is 0 Å². The number of para-hydroxylation sites is 1. The normalized spacial score (nSPS) is 17.1. The van der Waals surface area contributed by atoms with Crippen LogP contribution in [0.15, 0.2) is 34.8 Å². The topological polar surface area (TPSA) is 21.3 Å². The lowest BCUT2D eigenvalue weighted by molar-refractivity contribution is 0.208. The number of ether oxygens (including phenoxy) is 1. The Labute approximate surface area is 134 Å². The molecule has 1 N–H and O–H groups in total. The summed E-state index contributed by atoms with van der Waals surface area (Å²) in [4.78, 5) is 0. The van der Waals surface area contributed by atoms with Crippen molar-refractivity contribution in [3.8, 4) is 5.75 Å². The van der Waals surface area contributed by atoms with Gasteiger partial charge in [-0.3, -0.25) is 0 Å². The molecule has 1 unspecified atom stereocenters. The van der Waals surface area contributed by atoms with E-state index >= 15 is 0 Å². The zero-order valence-corrected chi connectivity index (χ0v) is 13.2. The first-order valence-corrected chi connectivity index (χ1v) is 7.44. The fourth-order valence-electron chi connectivity index (χ4n) is 2.11. The molecule has 1 heterocycles. The van der Waals surface area contributed by atoms with Crippen LogP contribution in [0.4, 0.5) is 10.1 Å². The maximum absolute atomic E-state index is 13.6. The van der Waals surface area contributed by atoms with Crippen LogP contribution in [0.1, 0.15) is 11.7 Å². The third-order valence-electron chi connectivity index (χ3n) is 3.09. The van der Waals surface area contributed by atoms with E-state index in [0.717, 1.165) is 10.2 Å². The number of hydrogen-bond acceptors (Lipinski definition) is 2. The average Bonchev–Trinajstić information content (AvgIpc) is 2.43. The molecule has 0 amide bonds. The van der Waals surface area contributed by atoms with Crippen LogP contribution in [0, 0.1) is 5.82 Å². The second kappa shape index (κ2) is 5.43. The maximum atomic E-state index is 13.6. The molecule has 0 saturated heterocycles. The van der Waals surface area contributed by atoms with E-state index in [9.17, 15) is 4.39 Å². The molecule has 1 atom stereocenters. The van der Waals surface area contributed by atoms with E-state index in [1.165, 1.54) is 12.1 Å². The van der Waals surface area contributed by atoms with Crippen molar-refractivity contribution in [1.82, 2.24) is 0 Å². The monoisotopic (exact) mass is 375 g/mol. The molecule has 0 saturated carbocycles. The van der Waals surface area contributed by atoms with Crippen molar-refractivity contribution in [3.63, 3.8) is 0 Å². The van der Waals surface area contributed by atoms with E-state index in [0.29, 0.717) is 22.9 Å². The third-order valence-corrected chi connectivity index (χ3v) is 4.33.